The number of carbonyl (C=O) groups is 9. The van der Waals surface area contributed by atoms with Crippen molar-refractivity contribution < 1.29 is 76.4 Å². The lowest BCUT2D eigenvalue weighted by Crippen LogP contribution is -2.52. The van der Waals surface area contributed by atoms with E-state index in [9.17, 15) is 62.1 Å². The van der Waals surface area contributed by atoms with E-state index in [2.05, 4.69) is 49.2 Å². The zero-order valence-electron chi connectivity index (χ0n) is 52.3. The van der Waals surface area contributed by atoms with Gasteiger partial charge in [0.05, 0.1) is 49.9 Å². The minimum Gasteiger partial charge on any atom is -0.494 e. The number of pyridine rings is 1. The fraction of sp³-hybridized carbons (Fsp3) is 0.587. The fourth-order valence-electron chi connectivity index (χ4n) is 10.8. The highest BCUT2D eigenvalue weighted by Gasteiger charge is 2.46. The number of aliphatic hydroxyl groups is 1. The first-order valence-corrected chi connectivity index (χ1v) is 32.3. The average molecular weight is 1310 g/mol. The van der Waals surface area contributed by atoms with Gasteiger partial charge in [0.15, 0.2) is 0 Å². The maximum absolute atomic E-state index is 14.0. The number of aryl methyl sites for hydroxylation is 2. The Bertz CT molecular complexity index is 2940. The van der Waals surface area contributed by atoms with E-state index < -0.39 is 79.1 Å². The number of aliphatic hydroxyl groups excluding tert-OH is 1. The maximum atomic E-state index is 14.0. The number of halogens is 2. The minimum atomic E-state index is -3.11. The van der Waals surface area contributed by atoms with E-state index in [-0.39, 0.29) is 69.8 Å². The number of alkyl halides is 2. The van der Waals surface area contributed by atoms with Crippen LogP contribution >= 0.6 is 11.8 Å². The molecule has 0 aliphatic carbocycles. The van der Waals surface area contributed by atoms with Gasteiger partial charge in [0.1, 0.15) is 31.4 Å². The Labute approximate surface area is 539 Å². The number of nitrogens with one attached hydrogen (secondary N) is 4. The molecule has 0 radical (unpaired) electrons. The van der Waals surface area contributed by atoms with Crippen molar-refractivity contribution in [3.8, 4) is 18.1 Å². The number of aromatic nitrogens is 1. The molecule has 0 saturated carbocycles. The van der Waals surface area contributed by atoms with Crippen LogP contribution in [0.15, 0.2) is 54.7 Å². The summed E-state index contributed by atoms with van der Waals surface area (Å²) in [6, 6.07) is 12.8. The van der Waals surface area contributed by atoms with Gasteiger partial charge in [0.2, 0.25) is 23.6 Å². The zero-order chi connectivity index (χ0) is 66.3. The third-order valence-electron chi connectivity index (χ3n) is 16.0. The van der Waals surface area contributed by atoms with Crippen LogP contribution in [0, 0.1) is 19.3 Å². The molecule has 6 rings (SSSR count). The Hall–Kier alpha value is -7.59. The van der Waals surface area contributed by atoms with Crippen molar-refractivity contribution in [1.29, 1.82) is 0 Å². The molecule has 92 heavy (non-hydrogen) atoms. The van der Waals surface area contributed by atoms with E-state index in [0.29, 0.717) is 153 Å². The van der Waals surface area contributed by atoms with Crippen molar-refractivity contribution >= 4 is 77.0 Å². The number of rotatable bonds is 35. The van der Waals surface area contributed by atoms with Crippen LogP contribution in [0.4, 0.5) is 8.78 Å². The van der Waals surface area contributed by atoms with Crippen LogP contribution in [-0.2, 0) is 54.3 Å². The first-order chi connectivity index (χ1) is 44.3. The zero-order valence-corrected chi connectivity index (χ0v) is 53.1. The molecule has 0 unspecified atom stereocenters. The van der Waals surface area contributed by atoms with Gasteiger partial charge in [0.25, 0.3) is 30.7 Å². The summed E-state index contributed by atoms with van der Waals surface area (Å²) in [5.74, 6) is -3.67. The van der Waals surface area contributed by atoms with E-state index in [1.54, 1.807) is 28.0 Å². The second kappa shape index (κ2) is 39.1. The number of carboxylic acid groups (broad SMARTS) is 1. The molecule has 6 N–H and O–H groups in total. The third kappa shape index (κ3) is 25.8. The number of hydrogen-bond donors (Lipinski definition) is 6. The lowest BCUT2D eigenvalue weighted by molar-refractivity contribution is -0.141. The second-order valence-electron chi connectivity index (χ2n) is 23.0. The number of terminal acetylenes is 1. The predicted octanol–water partition coefficient (Wildman–Crippen LogP) is 0.627. The number of piperazine rings is 1. The number of fused-ring (bicyclic) bond motifs is 1. The highest BCUT2D eigenvalue weighted by molar-refractivity contribution is 7.99. The van der Waals surface area contributed by atoms with Gasteiger partial charge in [-0.1, -0.05) is 35.7 Å². The number of carboxylic acids is 1. The highest BCUT2D eigenvalue weighted by Crippen LogP contribution is 2.32. The van der Waals surface area contributed by atoms with Gasteiger partial charge in [-0.3, -0.25) is 72.6 Å². The van der Waals surface area contributed by atoms with Crippen LogP contribution in [0.3, 0.4) is 0 Å². The number of carbonyl (C=O) groups excluding carboxylic acids is 8. The molecule has 1 aromatic heterocycles. The number of thioether (sulfide) groups is 1. The van der Waals surface area contributed by atoms with E-state index >= 15 is 0 Å². The van der Waals surface area contributed by atoms with Gasteiger partial charge in [0, 0.05) is 134 Å². The Balaban J connectivity index is 0.932. The van der Waals surface area contributed by atoms with Crippen molar-refractivity contribution in [2.45, 2.75) is 82.4 Å². The quantitative estimate of drug-likeness (QED) is 0.0267. The number of likely N-dealkylation sites (tertiary alicyclic amines) is 1. The van der Waals surface area contributed by atoms with Crippen molar-refractivity contribution in [1.82, 2.24) is 60.6 Å². The Morgan fingerprint density at radius 1 is 0.783 bits per heavy atom. The molecule has 3 aromatic rings. The van der Waals surface area contributed by atoms with Crippen LogP contribution in [0.1, 0.15) is 66.4 Å². The summed E-state index contributed by atoms with van der Waals surface area (Å²) in [5.41, 5.74) is 3.05. The molecule has 26 nitrogen and oxygen atoms in total. The minimum absolute atomic E-state index is 0.0152. The summed E-state index contributed by atoms with van der Waals surface area (Å²) >= 11 is 1.29. The summed E-state index contributed by atoms with van der Waals surface area (Å²) in [6.07, 6.45) is 8.67. The number of amides is 6. The average Bonchev–Trinajstić information content (AvgIpc) is 1.30. The van der Waals surface area contributed by atoms with E-state index in [4.69, 9.17) is 20.6 Å². The Kier molecular flexibility index (Phi) is 31.2. The monoisotopic (exact) mass is 1310 g/mol. The first kappa shape index (κ1) is 73.5. The van der Waals surface area contributed by atoms with Crippen LogP contribution in [0.5, 0.6) is 5.75 Å². The molecule has 3 saturated heterocycles. The largest absolute Gasteiger partial charge is 0.494 e. The second-order valence-corrected chi connectivity index (χ2v) is 24.2. The molecule has 3 fully saturated rings. The first-order valence-electron chi connectivity index (χ1n) is 31.1. The van der Waals surface area contributed by atoms with E-state index in [1.807, 2.05) is 33.8 Å². The summed E-state index contributed by atoms with van der Waals surface area (Å²) in [6.45, 7) is 7.10. The molecule has 4 heterocycles. The van der Waals surface area contributed by atoms with Gasteiger partial charge < -0.3 is 55.5 Å². The van der Waals surface area contributed by atoms with Crippen molar-refractivity contribution in [3.63, 3.8) is 0 Å². The standard InChI is InChI=1S/C63H88F2N12O14S/c1-3-49-37-63(64,65)42-77(49)58(83)38-69-60(86)51-17-19-66-53-16-15-50(36-52(51)53)91-34-7-21-71-30-32-76(33-31-71)62(88)55(80)41-92-35-20-68-61(87)54(9-4-5-18-67-56(81)10-6-8-48-13-11-47(2)12-14-48)70-57(82)39-72-22-23-73(40-59(84)85)25-27-75(44-90-46-79)29-28-74(26-24-72)43-89-45-78/h1,11-17,19,36,45-46,49,54-55,80H,4-10,18,20-35,37-44H2,2H3,(H,67,81)(H,68,87)(H,69,86)(H,70,82)(H,84,85)/t49-,54-,55+/m0/s1. The number of nitrogens with zero attached hydrogens (tertiary/aromatic N) is 8. The molecule has 29 heteroatoms. The van der Waals surface area contributed by atoms with Crippen LogP contribution in [0.25, 0.3) is 10.9 Å². The molecule has 2 aromatic carbocycles. The molecule has 0 spiro atoms. The highest BCUT2D eigenvalue weighted by atomic mass is 32.2. The van der Waals surface area contributed by atoms with Crippen LogP contribution in [0.2, 0.25) is 0 Å². The molecule has 6 amide bonds. The molecular formula is C63H88F2N12O14S. The summed E-state index contributed by atoms with van der Waals surface area (Å²) < 4.78 is 44.0. The molecular weight excluding hydrogens is 1220 g/mol. The summed E-state index contributed by atoms with van der Waals surface area (Å²) in [7, 11) is 0. The molecule has 3 aliphatic heterocycles. The number of hydrogen-bond acceptors (Lipinski definition) is 20. The van der Waals surface area contributed by atoms with Gasteiger partial charge >= 0.3 is 5.97 Å². The van der Waals surface area contributed by atoms with Gasteiger partial charge in [-0.15, -0.1) is 6.42 Å². The number of ether oxygens (including phenoxy) is 3. The Morgan fingerprint density at radius 2 is 1.43 bits per heavy atom. The van der Waals surface area contributed by atoms with Gasteiger partial charge in [-0.25, -0.2) is 8.78 Å². The normalized spacial score (nSPS) is 17.8. The molecule has 504 valence electrons. The van der Waals surface area contributed by atoms with Gasteiger partial charge in [-0.05, 0) is 75.3 Å². The lowest BCUT2D eigenvalue weighted by Gasteiger charge is -2.35. The SMILES string of the molecule is C#C[C@H]1CC(F)(F)CN1C(=O)CNC(=O)c1ccnc2ccc(OCCCN3CCN(C(=O)[C@H](O)CSCCNC(=O)[C@H](CCCCNC(=O)CCCc4ccc(C)cc4)NC(=O)CN4CCN(COC=O)CCN(COC=O)CCN(CC(=O)O)CC4)CC3)cc12. The predicted molar refractivity (Wildman–Crippen MR) is 338 cm³/mol. The molecule has 3 aliphatic rings. The maximum Gasteiger partial charge on any atom is 0.317 e. The van der Waals surface area contributed by atoms with Crippen LogP contribution in [-0.4, -0.2) is 284 Å². The number of benzene rings is 2. The molecule has 0 bridgehead atoms. The molecule has 3 atom stereocenters. The van der Waals surface area contributed by atoms with Crippen molar-refractivity contribution in [2.24, 2.45) is 0 Å². The topological polar surface area (TPSA) is 305 Å². The van der Waals surface area contributed by atoms with Crippen molar-refractivity contribution in [3.05, 3.63) is 71.4 Å². The summed E-state index contributed by atoms with van der Waals surface area (Å²) in [5, 5.41) is 32.4. The Morgan fingerprint density at radius 3 is 2.09 bits per heavy atom. The number of unbranched alkanes of at least 4 members (excludes halogenated alkanes) is 1. The van der Waals surface area contributed by atoms with Gasteiger partial charge in [-0.2, -0.15) is 11.8 Å². The summed E-state index contributed by atoms with van der Waals surface area (Å²) in [4.78, 5) is 130. The van der Waals surface area contributed by atoms with Crippen molar-refractivity contribution in [2.75, 3.05) is 156 Å². The van der Waals surface area contributed by atoms with E-state index in [1.165, 1.54) is 29.6 Å². The van der Waals surface area contributed by atoms with E-state index in [0.717, 1.165) is 16.9 Å². The smallest absolute Gasteiger partial charge is 0.317 e. The third-order valence-corrected chi connectivity index (χ3v) is 17.1. The number of aliphatic carboxylic acids is 1. The van der Waals surface area contributed by atoms with Crippen LogP contribution < -0.4 is 26.0 Å². The fourth-order valence-corrected chi connectivity index (χ4v) is 11.6. The lowest BCUT2D eigenvalue weighted by atomic mass is 10.1.